The summed E-state index contributed by atoms with van der Waals surface area (Å²) in [5, 5.41) is 0. The number of rotatable bonds is 8. The molecule has 0 aliphatic rings. The van der Waals surface area contributed by atoms with Crippen LogP contribution in [0.4, 0.5) is 0 Å². The SMILES string of the molecule is CCCCN(CCCC)Cc1ccc(Br)s1. The van der Waals surface area contributed by atoms with Crippen LogP contribution in [0, 0.1) is 0 Å². The Hall–Kier alpha value is 0.140. The molecule has 0 unspecified atom stereocenters. The van der Waals surface area contributed by atoms with Crippen LogP contribution in [-0.2, 0) is 6.54 Å². The van der Waals surface area contributed by atoms with Crippen LogP contribution >= 0.6 is 27.3 Å². The second kappa shape index (κ2) is 8.26. The highest BCUT2D eigenvalue weighted by Gasteiger charge is 2.06. The Kier molecular flexibility index (Phi) is 7.33. The summed E-state index contributed by atoms with van der Waals surface area (Å²) in [7, 11) is 0. The molecule has 0 aliphatic carbocycles. The standard InChI is InChI=1S/C13H22BrNS/c1-3-5-9-15(10-6-4-2)11-12-7-8-13(14)16-12/h7-8H,3-6,9-11H2,1-2H3. The lowest BCUT2D eigenvalue weighted by Gasteiger charge is -2.21. The highest BCUT2D eigenvalue weighted by Crippen LogP contribution is 2.23. The van der Waals surface area contributed by atoms with E-state index in [1.54, 1.807) is 0 Å². The van der Waals surface area contributed by atoms with E-state index in [0.717, 1.165) is 6.54 Å². The average molecular weight is 304 g/mol. The molecule has 1 aromatic heterocycles. The van der Waals surface area contributed by atoms with E-state index in [4.69, 9.17) is 0 Å². The first-order chi connectivity index (χ1) is 7.76. The number of halogens is 1. The van der Waals surface area contributed by atoms with E-state index >= 15 is 0 Å². The van der Waals surface area contributed by atoms with Crippen molar-refractivity contribution in [1.82, 2.24) is 4.90 Å². The smallest absolute Gasteiger partial charge is 0.0701 e. The molecular weight excluding hydrogens is 282 g/mol. The van der Waals surface area contributed by atoms with Crippen molar-refractivity contribution in [2.24, 2.45) is 0 Å². The van der Waals surface area contributed by atoms with Gasteiger partial charge in [0.25, 0.3) is 0 Å². The lowest BCUT2D eigenvalue weighted by Crippen LogP contribution is -2.25. The summed E-state index contributed by atoms with van der Waals surface area (Å²) >= 11 is 5.39. The summed E-state index contributed by atoms with van der Waals surface area (Å²) in [6.07, 6.45) is 5.21. The Morgan fingerprint density at radius 2 is 1.75 bits per heavy atom. The van der Waals surface area contributed by atoms with Gasteiger partial charge in [0.15, 0.2) is 0 Å². The van der Waals surface area contributed by atoms with Crippen LogP contribution in [0.2, 0.25) is 0 Å². The van der Waals surface area contributed by atoms with E-state index < -0.39 is 0 Å². The minimum absolute atomic E-state index is 1.12. The Bertz CT molecular complexity index is 277. The summed E-state index contributed by atoms with van der Waals surface area (Å²) in [5.41, 5.74) is 0. The molecule has 16 heavy (non-hydrogen) atoms. The lowest BCUT2D eigenvalue weighted by atomic mass is 10.2. The van der Waals surface area contributed by atoms with E-state index in [1.807, 2.05) is 11.3 Å². The number of nitrogens with zero attached hydrogens (tertiary/aromatic N) is 1. The quantitative estimate of drug-likeness (QED) is 0.659. The number of hydrogen-bond donors (Lipinski definition) is 0. The van der Waals surface area contributed by atoms with Gasteiger partial charge in [-0.3, -0.25) is 4.90 Å². The van der Waals surface area contributed by atoms with Crippen LogP contribution in [0.5, 0.6) is 0 Å². The molecule has 0 saturated heterocycles. The van der Waals surface area contributed by atoms with E-state index in [0.29, 0.717) is 0 Å². The Morgan fingerprint density at radius 1 is 1.12 bits per heavy atom. The molecule has 1 rings (SSSR count). The van der Waals surface area contributed by atoms with Gasteiger partial charge in [-0.05, 0) is 54.0 Å². The summed E-state index contributed by atoms with van der Waals surface area (Å²) in [4.78, 5) is 4.06. The Morgan fingerprint density at radius 3 is 2.19 bits per heavy atom. The Labute approximate surface area is 112 Å². The van der Waals surface area contributed by atoms with Crippen molar-refractivity contribution in [2.75, 3.05) is 13.1 Å². The molecule has 1 heterocycles. The molecule has 92 valence electrons. The molecule has 0 radical (unpaired) electrons. The first-order valence-electron chi connectivity index (χ1n) is 6.22. The number of hydrogen-bond acceptors (Lipinski definition) is 2. The van der Waals surface area contributed by atoms with Gasteiger partial charge in [-0.1, -0.05) is 26.7 Å². The third-order valence-electron chi connectivity index (χ3n) is 2.66. The monoisotopic (exact) mass is 303 g/mol. The fraction of sp³-hybridized carbons (Fsp3) is 0.692. The van der Waals surface area contributed by atoms with Gasteiger partial charge in [0, 0.05) is 11.4 Å². The molecule has 0 N–H and O–H groups in total. The molecule has 1 aromatic rings. The van der Waals surface area contributed by atoms with E-state index in [-0.39, 0.29) is 0 Å². The van der Waals surface area contributed by atoms with E-state index in [2.05, 4.69) is 46.8 Å². The van der Waals surface area contributed by atoms with Gasteiger partial charge in [-0.2, -0.15) is 0 Å². The van der Waals surface area contributed by atoms with Crippen molar-refractivity contribution >= 4 is 27.3 Å². The predicted molar refractivity (Wildman–Crippen MR) is 77.1 cm³/mol. The van der Waals surface area contributed by atoms with Crippen molar-refractivity contribution in [1.29, 1.82) is 0 Å². The minimum Gasteiger partial charge on any atom is -0.298 e. The lowest BCUT2D eigenvalue weighted by molar-refractivity contribution is 0.259. The van der Waals surface area contributed by atoms with E-state index in [1.165, 1.54) is 47.4 Å². The van der Waals surface area contributed by atoms with Gasteiger partial charge in [0.2, 0.25) is 0 Å². The van der Waals surface area contributed by atoms with Crippen molar-refractivity contribution in [3.8, 4) is 0 Å². The third-order valence-corrected chi connectivity index (χ3v) is 4.27. The Balaban J connectivity index is 2.41. The first kappa shape index (κ1) is 14.2. The maximum absolute atomic E-state index is 3.53. The second-order valence-electron chi connectivity index (χ2n) is 4.19. The van der Waals surface area contributed by atoms with Crippen LogP contribution in [0.1, 0.15) is 44.4 Å². The third kappa shape index (κ3) is 5.46. The van der Waals surface area contributed by atoms with Gasteiger partial charge in [-0.15, -0.1) is 11.3 Å². The van der Waals surface area contributed by atoms with Crippen LogP contribution < -0.4 is 0 Å². The van der Waals surface area contributed by atoms with Crippen molar-refractivity contribution in [3.05, 3.63) is 20.8 Å². The molecule has 0 aromatic carbocycles. The molecule has 0 spiro atoms. The second-order valence-corrected chi connectivity index (χ2v) is 6.74. The van der Waals surface area contributed by atoms with Crippen LogP contribution in [0.25, 0.3) is 0 Å². The molecule has 0 amide bonds. The van der Waals surface area contributed by atoms with Gasteiger partial charge in [-0.25, -0.2) is 0 Å². The minimum atomic E-state index is 1.12. The highest BCUT2D eigenvalue weighted by molar-refractivity contribution is 9.11. The van der Waals surface area contributed by atoms with Gasteiger partial charge in [0.05, 0.1) is 3.79 Å². The molecule has 0 atom stereocenters. The average Bonchev–Trinajstić information content (AvgIpc) is 2.68. The number of thiophene rings is 1. The van der Waals surface area contributed by atoms with Gasteiger partial charge < -0.3 is 0 Å². The van der Waals surface area contributed by atoms with Gasteiger partial charge in [0.1, 0.15) is 0 Å². The van der Waals surface area contributed by atoms with Crippen molar-refractivity contribution in [2.45, 2.75) is 46.1 Å². The van der Waals surface area contributed by atoms with Crippen LogP contribution in [-0.4, -0.2) is 18.0 Å². The molecule has 0 saturated carbocycles. The summed E-state index contributed by atoms with van der Waals surface area (Å²) in [6, 6.07) is 4.39. The molecule has 0 aliphatic heterocycles. The molecular formula is C13H22BrNS. The topological polar surface area (TPSA) is 3.24 Å². The molecule has 1 nitrogen and oxygen atoms in total. The van der Waals surface area contributed by atoms with Gasteiger partial charge >= 0.3 is 0 Å². The zero-order chi connectivity index (χ0) is 11.8. The van der Waals surface area contributed by atoms with Crippen LogP contribution in [0.3, 0.4) is 0 Å². The summed E-state index contributed by atoms with van der Waals surface area (Å²) in [5.74, 6) is 0. The zero-order valence-corrected chi connectivity index (χ0v) is 12.7. The summed E-state index contributed by atoms with van der Waals surface area (Å²) < 4.78 is 1.24. The maximum atomic E-state index is 3.53. The molecule has 0 fully saturated rings. The van der Waals surface area contributed by atoms with Crippen molar-refractivity contribution < 1.29 is 0 Å². The highest BCUT2D eigenvalue weighted by atomic mass is 79.9. The fourth-order valence-electron chi connectivity index (χ4n) is 1.69. The molecule has 0 bridgehead atoms. The van der Waals surface area contributed by atoms with Crippen molar-refractivity contribution in [3.63, 3.8) is 0 Å². The largest absolute Gasteiger partial charge is 0.298 e. The number of unbranched alkanes of at least 4 members (excludes halogenated alkanes) is 2. The first-order valence-corrected chi connectivity index (χ1v) is 7.83. The predicted octanol–water partition coefficient (Wildman–Crippen LogP) is 4.91. The maximum Gasteiger partial charge on any atom is 0.0701 e. The normalized spacial score (nSPS) is 11.2. The molecule has 3 heteroatoms. The van der Waals surface area contributed by atoms with E-state index in [9.17, 15) is 0 Å². The fourth-order valence-corrected chi connectivity index (χ4v) is 3.22. The summed E-state index contributed by atoms with van der Waals surface area (Å²) in [6.45, 7) is 8.13. The zero-order valence-electron chi connectivity index (χ0n) is 10.3. The van der Waals surface area contributed by atoms with Crippen LogP contribution in [0.15, 0.2) is 15.9 Å².